The summed E-state index contributed by atoms with van der Waals surface area (Å²) < 4.78 is 20.0. The summed E-state index contributed by atoms with van der Waals surface area (Å²) in [4.78, 5) is 13.9. The van der Waals surface area contributed by atoms with Gasteiger partial charge in [-0.25, -0.2) is 9.18 Å². The molecular formula is C21H32FN3O2. The highest BCUT2D eigenvalue weighted by Gasteiger charge is 2.29. The van der Waals surface area contributed by atoms with E-state index >= 15 is 0 Å². The Morgan fingerprint density at radius 3 is 2.41 bits per heavy atom. The molecule has 0 unspecified atom stereocenters. The minimum atomic E-state index is -0.502. The third kappa shape index (κ3) is 5.05. The van der Waals surface area contributed by atoms with Crippen molar-refractivity contribution in [1.29, 1.82) is 0 Å². The summed E-state index contributed by atoms with van der Waals surface area (Å²) in [7, 11) is 0. The van der Waals surface area contributed by atoms with Gasteiger partial charge in [-0.3, -0.25) is 0 Å². The second-order valence-electron chi connectivity index (χ2n) is 8.83. The molecule has 0 bridgehead atoms. The average molecular weight is 378 g/mol. The molecule has 0 spiro atoms. The molecule has 2 aliphatic rings. The number of nitrogens with one attached hydrogen (secondary N) is 1. The monoisotopic (exact) mass is 377 g/mol. The van der Waals surface area contributed by atoms with Crippen LogP contribution in [0.2, 0.25) is 0 Å². The van der Waals surface area contributed by atoms with Crippen molar-refractivity contribution in [2.45, 2.75) is 76.9 Å². The first-order chi connectivity index (χ1) is 12.7. The Balaban J connectivity index is 1.65. The van der Waals surface area contributed by atoms with E-state index in [1.165, 1.54) is 18.9 Å². The van der Waals surface area contributed by atoms with Gasteiger partial charge < -0.3 is 20.7 Å². The van der Waals surface area contributed by atoms with Gasteiger partial charge in [0, 0.05) is 19.1 Å². The molecule has 1 heterocycles. The second kappa shape index (κ2) is 7.95. The number of amides is 1. The van der Waals surface area contributed by atoms with Gasteiger partial charge in [0.25, 0.3) is 0 Å². The van der Waals surface area contributed by atoms with E-state index in [9.17, 15) is 9.18 Å². The van der Waals surface area contributed by atoms with Gasteiger partial charge in [-0.1, -0.05) is 12.8 Å². The highest BCUT2D eigenvalue weighted by atomic mass is 19.1. The number of carbonyl (C=O) groups is 1. The molecule has 1 saturated carbocycles. The van der Waals surface area contributed by atoms with Crippen molar-refractivity contribution in [2.24, 2.45) is 0 Å². The number of likely N-dealkylation sites (tertiary alicyclic amines) is 1. The van der Waals surface area contributed by atoms with Crippen molar-refractivity contribution in [1.82, 2.24) is 4.90 Å². The number of hydrogen-bond donors (Lipinski definition) is 2. The molecule has 2 fully saturated rings. The van der Waals surface area contributed by atoms with Crippen LogP contribution in [0.3, 0.4) is 0 Å². The van der Waals surface area contributed by atoms with Gasteiger partial charge in [-0.2, -0.15) is 0 Å². The number of nitrogen functional groups attached to an aromatic ring is 1. The number of anilines is 2. The molecule has 3 N–H and O–H groups in total. The van der Waals surface area contributed by atoms with Crippen molar-refractivity contribution in [3.05, 3.63) is 23.5 Å². The molecule has 3 rings (SSSR count). The highest BCUT2D eigenvalue weighted by Crippen LogP contribution is 2.35. The standard InChI is InChI=1S/C21H32FN3O2/c1-21(2,3)27-20(26)25-10-8-14(9-11-25)16-12-19(18(23)13-17(16)22)24-15-6-4-5-7-15/h12-15,24H,4-11,23H2,1-3H3. The molecule has 27 heavy (non-hydrogen) atoms. The van der Waals surface area contributed by atoms with Crippen LogP contribution in [-0.4, -0.2) is 35.7 Å². The Hall–Kier alpha value is -1.98. The Kier molecular flexibility index (Phi) is 5.82. The predicted molar refractivity (Wildman–Crippen MR) is 106 cm³/mol. The fourth-order valence-corrected chi connectivity index (χ4v) is 4.03. The van der Waals surface area contributed by atoms with Crippen molar-refractivity contribution in [3.63, 3.8) is 0 Å². The molecule has 6 heteroatoms. The smallest absolute Gasteiger partial charge is 0.410 e. The van der Waals surface area contributed by atoms with Gasteiger partial charge in [-0.05, 0) is 70.1 Å². The summed E-state index contributed by atoms with van der Waals surface area (Å²) in [5, 5.41) is 3.49. The molecule has 0 radical (unpaired) electrons. The van der Waals surface area contributed by atoms with Crippen LogP contribution in [0.15, 0.2) is 12.1 Å². The van der Waals surface area contributed by atoms with Gasteiger partial charge in [-0.15, -0.1) is 0 Å². The van der Waals surface area contributed by atoms with Crippen molar-refractivity contribution in [3.8, 4) is 0 Å². The number of hydrogen-bond acceptors (Lipinski definition) is 4. The predicted octanol–water partition coefficient (Wildman–Crippen LogP) is 4.88. The summed E-state index contributed by atoms with van der Waals surface area (Å²) in [6.45, 7) is 6.74. The van der Waals surface area contributed by atoms with E-state index in [0.717, 1.165) is 31.4 Å². The minimum absolute atomic E-state index is 0.0911. The normalized spacial score (nSPS) is 19.3. The zero-order valence-electron chi connectivity index (χ0n) is 16.7. The molecule has 0 aromatic heterocycles. The number of rotatable bonds is 3. The van der Waals surface area contributed by atoms with Crippen LogP contribution >= 0.6 is 0 Å². The van der Waals surface area contributed by atoms with Crippen LogP contribution in [0.4, 0.5) is 20.6 Å². The Labute approximate surface area is 161 Å². The van der Waals surface area contributed by atoms with Crippen LogP contribution < -0.4 is 11.1 Å². The fourth-order valence-electron chi connectivity index (χ4n) is 4.03. The summed E-state index contributed by atoms with van der Waals surface area (Å²) >= 11 is 0. The van der Waals surface area contributed by atoms with E-state index in [2.05, 4.69) is 5.32 Å². The summed E-state index contributed by atoms with van der Waals surface area (Å²) in [5.41, 5.74) is 7.55. The number of benzene rings is 1. The summed E-state index contributed by atoms with van der Waals surface area (Å²) in [6.07, 6.45) is 5.90. The van der Waals surface area contributed by atoms with Crippen molar-refractivity contribution in [2.75, 3.05) is 24.1 Å². The topological polar surface area (TPSA) is 67.6 Å². The first-order valence-electron chi connectivity index (χ1n) is 10.1. The molecule has 1 aromatic rings. The lowest BCUT2D eigenvalue weighted by atomic mass is 9.88. The lowest BCUT2D eigenvalue weighted by Crippen LogP contribution is -2.41. The lowest BCUT2D eigenvalue weighted by Gasteiger charge is -2.34. The Bertz CT molecular complexity index is 673. The van der Waals surface area contributed by atoms with Crippen LogP contribution in [-0.2, 0) is 4.74 Å². The van der Waals surface area contributed by atoms with Crippen LogP contribution in [0.25, 0.3) is 0 Å². The molecule has 1 aromatic carbocycles. The van der Waals surface area contributed by atoms with Crippen molar-refractivity contribution < 1.29 is 13.9 Å². The van der Waals surface area contributed by atoms with E-state index in [1.54, 1.807) is 4.90 Å². The number of piperidine rings is 1. The fraction of sp³-hybridized carbons (Fsp3) is 0.667. The van der Waals surface area contributed by atoms with E-state index in [0.29, 0.717) is 30.4 Å². The lowest BCUT2D eigenvalue weighted by molar-refractivity contribution is 0.0204. The maximum atomic E-state index is 14.6. The van der Waals surface area contributed by atoms with E-state index < -0.39 is 5.60 Å². The Morgan fingerprint density at radius 1 is 1.19 bits per heavy atom. The molecule has 5 nitrogen and oxygen atoms in total. The first-order valence-corrected chi connectivity index (χ1v) is 10.1. The minimum Gasteiger partial charge on any atom is -0.444 e. The first kappa shape index (κ1) is 19.8. The van der Waals surface area contributed by atoms with Crippen LogP contribution in [0.1, 0.15) is 70.8 Å². The number of ether oxygens (including phenoxy) is 1. The molecular weight excluding hydrogens is 345 g/mol. The number of carbonyl (C=O) groups excluding carboxylic acids is 1. The van der Waals surface area contributed by atoms with Crippen LogP contribution in [0, 0.1) is 5.82 Å². The van der Waals surface area contributed by atoms with Crippen molar-refractivity contribution >= 4 is 17.5 Å². The van der Waals surface area contributed by atoms with E-state index in [1.807, 2.05) is 26.8 Å². The molecule has 1 saturated heterocycles. The average Bonchev–Trinajstić information content (AvgIpc) is 3.09. The summed E-state index contributed by atoms with van der Waals surface area (Å²) in [6, 6.07) is 3.75. The maximum absolute atomic E-state index is 14.6. The van der Waals surface area contributed by atoms with Gasteiger partial charge in [0.1, 0.15) is 11.4 Å². The van der Waals surface area contributed by atoms with Gasteiger partial charge in [0.15, 0.2) is 0 Å². The highest BCUT2D eigenvalue weighted by molar-refractivity contribution is 5.69. The summed E-state index contributed by atoms with van der Waals surface area (Å²) in [5.74, 6) is -0.159. The maximum Gasteiger partial charge on any atom is 0.410 e. The second-order valence-corrected chi connectivity index (χ2v) is 8.83. The molecule has 1 aliphatic carbocycles. The zero-order chi connectivity index (χ0) is 19.6. The number of nitrogens with zero attached hydrogens (tertiary/aromatic N) is 1. The van der Waals surface area contributed by atoms with E-state index in [4.69, 9.17) is 10.5 Å². The van der Waals surface area contributed by atoms with Gasteiger partial charge >= 0.3 is 6.09 Å². The van der Waals surface area contributed by atoms with Crippen LogP contribution in [0.5, 0.6) is 0 Å². The molecule has 1 amide bonds. The third-order valence-corrected chi connectivity index (χ3v) is 5.47. The number of halogens is 1. The largest absolute Gasteiger partial charge is 0.444 e. The Morgan fingerprint density at radius 2 is 1.81 bits per heavy atom. The third-order valence-electron chi connectivity index (χ3n) is 5.47. The molecule has 150 valence electrons. The van der Waals surface area contributed by atoms with Gasteiger partial charge in [0.2, 0.25) is 0 Å². The quantitative estimate of drug-likeness (QED) is 0.737. The molecule has 1 aliphatic heterocycles. The van der Waals surface area contributed by atoms with Gasteiger partial charge in [0.05, 0.1) is 11.4 Å². The SMILES string of the molecule is CC(C)(C)OC(=O)N1CCC(c2cc(NC3CCCC3)c(N)cc2F)CC1. The molecule has 0 atom stereocenters. The van der Waals surface area contributed by atoms with E-state index in [-0.39, 0.29) is 17.8 Å². The zero-order valence-corrected chi connectivity index (χ0v) is 16.7. The number of nitrogens with two attached hydrogens (primary N) is 1.